The summed E-state index contributed by atoms with van der Waals surface area (Å²) in [5.74, 6) is 0. The van der Waals surface area contributed by atoms with Gasteiger partial charge in [0, 0.05) is 25.0 Å². The fourth-order valence-electron chi connectivity index (χ4n) is 1.19. The van der Waals surface area contributed by atoms with Crippen molar-refractivity contribution in [2.45, 2.75) is 25.9 Å². The van der Waals surface area contributed by atoms with Gasteiger partial charge in [-0.15, -0.1) is 0 Å². The summed E-state index contributed by atoms with van der Waals surface area (Å²) in [6.07, 6.45) is 6.06. The molecule has 1 aromatic rings. The summed E-state index contributed by atoms with van der Waals surface area (Å²) in [4.78, 5) is 3.95. The molecule has 0 aliphatic heterocycles. The highest BCUT2D eigenvalue weighted by Crippen LogP contribution is 1.91. The second kappa shape index (κ2) is 5.70. The molecule has 1 aromatic heterocycles. The van der Waals surface area contributed by atoms with Crippen molar-refractivity contribution in [3.63, 3.8) is 0 Å². The lowest BCUT2D eigenvalue weighted by molar-refractivity contribution is 0.424. The van der Waals surface area contributed by atoms with Gasteiger partial charge in [0.25, 0.3) is 0 Å². The fourth-order valence-corrected chi connectivity index (χ4v) is 1.19. The molecule has 0 aliphatic rings. The van der Waals surface area contributed by atoms with Gasteiger partial charge in [0.2, 0.25) is 0 Å². The predicted octanol–water partition coefficient (Wildman–Crippen LogP) is 1.22. The maximum Gasteiger partial charge on any atom is 0.0946 e. The van der Waals surface area contributed by atoms with Gasteiger partial charge in [-0.05, 0) is 19.9 Å². The van der Waals surface area contributed by atoms with E-state index in [0.29, 0.717) is 12.5 Å². The monoisotopic (exact) mass is 185 g/mol. The smallest absolute Gasteiger partial charge is 0.0946 e. The van der Waals surface area contributed by atoms with Crippen molar-refractivity contribution in [2.75, 3.05) is 13.2 Å². The molecule has 74 valence electrons. The summed E-state index contributed by atoms with van der Waals surface area (Å²) >= 11 is 0. The van der Waals surface area contributed by atoms with Gasteiger partial charge in [-0.3, -0.25) is 4.39 Å². The van der Waals surface area contributed by atoms with Crippen LogP contribution in [0, 0.1) is 0 Å². The van der Waals surface area contributed by atoms with Crippen LogP contribution in [0.25, 0.3) is 0 Å². The molecule has 0 amide bonds. The van der Waals surface area contributed by atoms with Crippen LogP contribution in [-0.2, 0) is 6.54 Å². The van der Waals surface area contributed by atoms with Crippen LogP contribution in [0.2, 0.25) is 0 Å². The first-order valence-corrected chi connectivity index (χ1v) is 4.58. The van der Waals surface area contributed by atoms with Crippen molar-refractivity contribution in [3.05, 3.63) is 18.7 Å². The van der Waals surface area contributed by atoms with E-state index in [9.17, 15) is 4.39 Å². The highest BCUT2D eigenvalue weighted by atomic mass is 19.1. The van der Waals surface area contributed by atoms with E-state index in [1.54, 1.807) is 12.5 Å². The molecule has 4 heteroatoms. The molecule has 0 radical (unpaired) electrons. The van der Waals surface area contributed by atoms with Crippen molar-refractivity contribution in [2.24, 2.45) is 0 Å². The molecular formula is C9H16FN3. The molecule has 0 spiro atoms. The van der Waals surface area contributed by atoms with Crippen LogP contribution < -0.4 is 5.32 Å². The first-order chi connectivity index (χ1) is 6.33. The van der Waals surface area contributed by atoms with Crippen LogP contribution in [-0.4, -0.2) is 28.8 Å². The summed E-state index contributed by atoms with van der Waals surface area (Å²) in [6, 6.07) is 0.362. The van der Waals surface area contributed by atoms with Crippen LogP contribution in [0.15, 0.2) is 18.7 Å². The third-order valence-corrected chi connectivity index (χ3v) is 1.85. The van der Waals surface area contributed by atoms with Gasteiger partial charge < -0.3 is 9.88 Å². The summed E-state index contributed by atoms with van der Waals surface area (Å²) < 4.78 is 13.8. The lowest BCUT2D eigenvalue weighted by atomic mass is 10.3. The van der Waals surface area contributed by atoms with E-state index in [1.807, 2.05) is 10.8 Å². The number of aromatic nitrogens is 2. The maximum absolute atomic E-state index is 11.8. The van der Waals surface area contributed by atoms with Gasteiger partial charge in [-0.2, -0.15) is 0 Å². The van der Waals surface area contributed by atoms with E-state index < -0.39 is 0 Å². The first-order valence-electron chi connectivity index (χ1n) is 4.58. The Balaban J connectivity index is 2.14. The number of hydrogen-bond acceptors (Lipinski definition) is 2. The minimum atomic E-state index is -0.245. The Morgan fingerprint density at radius 3 is 3.08 bits per heavy atom. The Labute approximate surface area is 78.0 Å². The lowest BCUT2D eigenvalue weighted by Gasteiger charge is -2.13. The Morgan fingerprint density at radius 2 is 2.46 bits per heavy atom. The van der Waals surface area contributed by atoms with Crippen molar-refractivity contribution in [1.29, 1.82) is 0 Å². The molecule has 13 heavy (non-hydrogen) atoms. The third-order valence-electron chi connectivity index (χ3n) is 1.85. The molecule has 0 aliphatic carbocycles. The molecule has 0 bridgehead atoms. The zero-order valence-corrected chi connectivity index (χ0v) is 7.91. The average molecular weight is 185 g/mol. The highest BCUT2D eigenvalue weighted by Gasteiger charge is 2.00. The van der Waals surface area contributed by atoms with E-state index in [2.05, 4.69) is 17.2 Å². The van der Waals surface area contributed by atoms with Crippen LogP contribution in [0.4, 0.5) is 4.39 Å². The average Bonchev–Trinajstić information content (AvgIpc) is 2.57. The van der Waals surface area contributed by atoms with Crippen molar-refractivity contribution in [3.8, 4) is 0 Å². The normalized spacial score (nSPS) is 13.1. The summed E-state index contributed by atoms with van der Waals surface area (Å²) in [6.45, 7) is 3.46. The topological polar surface area (TPSA) is 29.9 Å². The van der Waals surface area contributed by atoms with E-state index in [-0.39, 0.29) is 6.67 Å². The number of nitrogens with one attached hydrogen (secondary N) is 1. The molecule has 1 rings (SSSR count). The first kappa shape index (κ1) is 10.2. The van der Waals surface area contributed by atoms with E-state index >= 15 is 0 Å². The zero-order chi connectivity index (χ0) is 9.52. The Hall–Kier alpha value is -0.900. The number of nitrogens with zero attached hydrogens (tertiary/aromatic N) is 2. The number of imidazole rings is 1. The van der Waals surface area contributed by atoms with Gasteiger partial charge in [0.05, 0.1) is 13.0 Å². The molecule has 0 saturated carbocycles. The quantitative estimate of drug-likeness (QED) is 0.675. The molecule has 0 aromatic carbocycles. The van der Waals surface area contributed by atoms with Crippen molar-refractivity contribution in [1.82, 2.24) is 14.9 Å². The molecule has 1 N–H and O–H groups in total. The van der Waals surface area contributed by atoms with Crippen molar-refractivity contribution < 1.29 is 4.39 Å². The second-order valence-electron chi connectivity index (χ2n) is 3.16. The van der Waals surface area contributed by atoms with Gasteiger partial charge >= 0.3 is 0 Å². The Morgan fingerprint density at radius 1 is 1.62 bits per heavy atom. The molecule has 0 saturated heterocycles. The largest absolute Gasteiger partial charge is 0.336 e. The summed E-state index contributed by atoms with van der Waals surface area (Å²) in [5.41, 5.74) is 0. The molecular weight excluding hydrogens is 169 g/mol. The van der Waals surface area contributed by atoms with Gasteiger partial charge in [-0.25, -0.2) is 4.98 Å². The predicted molar refractivity (Wildman–Crippen MR) is 50.3 cm³/mol. The lowest BCUT2D eigenvalue weighted by Crippen LogP contribution is -2.31. The van der Waals surface area contributed by atoms with E-state index in [4.69, 9.17) is 0 Å². The van der Waals surface area contributed by atoms with E-state index in [0.717, 1.165) is 13.1 Å². The number of halogens is 1. The SMILES string of the molecule is CC(Cn1ccnc1)NCCCF. The van der Waals surface area contributed by atoms with E-state index in [1.165, 1.54) is 0 Å². The molecule has 1 heterocycles. The maximum atomic E-state index is 11.8. The minimum Gasteiger partial charge on any atom is -0.336 e. The Kier molecular flexibility index (Phi) is 4.46. The second-order valence-corrected chi connectivity index (χ2v) is 3.16. The van der Waals surface area contributed by atoms with Gasteiger partial charge in [0.1, 0.15) is 0 Å². The summed E-state index contributed by atoms with van der Waals surface area (Å²) in [7, 11) is 0. The fraction of sp³-hybridized carbons (Fsp3) is 0.667. The van der Waals surface area contributed by atoms with Crippen molar-refractivity contribution >= 4 is 0 Å². The minimum absolute atomic E-state index is 0.245. The molecule has 1 unspecified atom stereocenters. The zero-order valence-electron chi connectivity index (χ0n) is 7.91. The number of alkyl halides is 1. The molecule has 0 fully saturated rings. The van der Waals surface area contributed by atoms with Crippen LogP contribution in [0.3, 0.4) is 0 Å². The summed E-state index contributed by atoms with van der Waals surface area (Å²) in [5, 5.41) is 3.23. The number of hydrogen-bond donors (Lipinski definition) is 1. The van der Waals surface area contributed by atoms with Gasteiger partial charge in [-0.1, -0.05) is 0 Å². The highest BCUT2D eigenvalue weighted by molar-refractivity contribution is 4.76. The number of rotatable bonds is 6. The third kappa shape index (κ3) is 4.03. The van der Waals surface area contributed by atoms with Crippen LogP contribution in [0.5, 0.6) is 0 Å². The van der Waals surface area contributed by atoms with Crippen LogP contribution >= 0.6 is 0 Å². The van der Waals surface area contributed by atoms with Gasteiger partial charge in [0.15, 0.2) is 0 Å². The Bertz CT molecular complexity index is 211. The molecule has 1 atom stereocenters. The molecule has 3 nitrogen and oxygen atoms in total. The standard InChI is InChI=1S/C9H16FN3/c1-9(12-4-2-3-10)7-13-6-5-11-8-13/h5-6,8-9,12H,2-4,7H2,1H3. The van der Waals surface area contributed by atoms with Crippen LogP contribution in [0.1, 0.15) is 13.3 Å².